The van der Waals surface area contributed by atoms with Crippen molar-refractivity contribution < 1.29 is 0 Å². The molecular formula is C12H22N4. The van der Waals surface area contributed by atoms with Crippen LogP contribution in [0.3, 0.4) is 0 Å². The van der Waals surface area contributed by atoms with E-state index in [1.165, 1.54) is 0 Å². The minimum absolute atomic E-state index is 0.378. The summed E-state index contributed by atoms with van der Waals surface area (Å²) in [6.45, 7) is 7.92. The highest BCUT2D eigenvalue weighted by atomic mass is 15.0. The number of nitrogens with two attached hydrogens (primary N) is 1. The number of hydrogen-bond acceptors (Lipinski definition) is 4. The van der Waals surface area contributed by atoms with Crippen LogP contribution in [-0.2, 0) is 6.42 Å². The molecule has 0 radical (unpaired) electrons. The van der Waals surface area contributed by atoms with Gasteiger partial charge in [0.1, 0.15) is 5.82 Å². The van der Waals surface area contributed by atoms with E-state index in [2.05, 4.69) is 36.1 Å². The van der Waals surface area contributed by atoms with E-state index in [-0.39, 0.29) is 0 Å². The number of anilines is 1. The van der Waals surface area contributed by atoms with Crippen molar-refractivity contribution in [2.75, 3.05) is 18.4 Å². The van der Waals surface area contributed by atoms with E-state index in [4.69, 9.17) is 5.73 Å². The number of nitrogens with one attached hydrogen (secondary N) is 1. The van der Waals surface area contributed by atoms with Gasteiger partial charge < -0.3 is 11.1 Å². The highest BCUT2D eigenvalue weighted by Gasteiger charge is 2.07. The van der Waals surface area contributed by atoms with Gasteiger partial charge in [-0.15, -0.1) is 0 Å². The van der Waals surface area contributed by atoms with Crippen molar-refractivity contribution in [2.24, 2.45) is 5.73 Å². The molecule has 90 valence electrons. The van der Waals surface area contributed by atoms with Crippen molar-refractivity contribution in [1.29, 1.82) is 0 Å². The fraction of sp³-hybridized carbons (Fsp3) is 0.667. The zero-order chi connectivity index (χ0) is 12.0. The molecule has 0 spiro atoms. The van der Waals surface area contributed by atoms with Crippen LogP contribution >= 0.6 is 0 Å². The highest BCUT2D eigenvalue weighted by Crippen LogP contribution is 2.16. The topological polar surface area (TPSA) is 63.8 Å². The summed E-state index contributed by atoms with van der Waals surface area (Å²) in [5, 5.41) is 3.33. The first kappa shape index (κ1) is 12.9. The molecule has 0 aliphatic carbocycles. The van der Waals surface area contributed by atoms with Crippen molar-refractivity contribution in [3.8, 4) is 0 Å². The summed E-state index contributed by atoms with van der Waals surface area (Å²) in [6, 6.07) is 0. The smallest absolute Gasteiger partial charge is 0.131 e. The quantitative estimate of drug-likeness (QED) is 0.722. The Morgan fingerprint density at radius 1 is 1.44 bits per heavy atom. The van der Waals surface area contributed by atoms with Crippen molar-refractivity contribution in [3.63, 3.8) is 0 Å². The fourth-order valence-corrected chi connectivity index (χ4v) is 1.45. The number of aromatic nitrogens is 2. The largest absolute Gasteiger partial charge is 0.382 e. The van der Waals surface area contributed by atoms with Gasteiger partial charge in [-0.3, -0.25) is 0 Å². The molecule has 0 unspecified atom stereocenters. The third kappa shape index (κ3) is 3.45. The lowest BCUT2D eigenvalue weighted by Crippen LogP contribution is -2.11. The second kappa shape index (κ2) is 6.43. The van der Waals surface area contributed by atoms with Gasteiger partial charge in [0.05, 0.1) is 17.6 Å². The summed E-state index contributed by atoms with van der Waals surface area (Å²) in [6.07, 6.45) is 3.78. The summed E-state index contributed by atoms with van der Waals surface area (Å²) in [7, 11) is 0. The molecule has 1 aromatic heterocycles. The Labute approximate surface area is 97.7 Å². The van der Waals surface area contributed by atoms with Gasteiger partial charge in [0.25, 0.3) is 0 Å². The molecule has 0 aromatic carbocycles. The Bertz CT molecular complexity index is 323. The molecule has 0 saturated carbocycles. The number of aryl methyl sites for hydroxylation is 1. The van der Waals surface area contributed by atoms with E-state index in [9.17, 15) is 0 Å². The molecule has 0 aliphatic rings. The molecule has 1 aromatic rings. The van der Waals surface area contributed by atoms with E-state index in [0.29, 0.717) is 12.5 Å². The van der Waals surface area contributed by atoms with Gasteiger partial charge >= 0.3 is 0 Å². The van der Waals surface area contributed by atoms with E-state index >= 15 is 0 Å². The molecule has 0 atom stereocenters. The first-order chi connectivity index (χ1) is 7.69. The maximum Gasteiger partial charge on any atom is 0.131 e. The minimum atomic E-state index is 0.378. The van der Waals surface area contributed by atoms with Gasteiger partial charge in [-0.25, -0.2) is 9.97 Å². The maximum absolute atomic E-state index is 5.46. The number of nitrogens with zero attached hydrogens (tertiary/aromatic N) is 2. The highest BCUT2D eigenvalue weighted by molar-refractivity contribution is 5.46. The van der Waals surface area contributed by atoms with Crippen molar-refractivity contribution >= 4 is 5.69 Å². The Kier molecular flexibility index (Phi) is 5.19. The Morgan fingerprint density at radius 2 is 2.19 bits per heavy atom. The lowest BCUT2D eigenvalue weighted by molar-refractivity contribution is 0.757. The third-order valence-electron chi connectivity index (χ3n) is 2.43. The summed E-state index contributed by atoms with van der Waals surface area (Å²) < 4.78 is 0. The molecule has 1 heterocycles. The molecule has 3 N–H and O–H groups in total. The zero-order valence-electron chi connectivity index (χ0n) is 10.5. The van der Waals surface area contributed by atoms with Crippen molar-refractivity contribution in [2.45, 2.75) is 39.5 Å². The molecule has 0 saturated heterocycles. The van der Waals surface area contributed by atoms with Gasteiger partial charge in [-0.1, -0.05) is 20.8 Å². The van der Waals surface area contributed by atoms with Crippen LogP contribution in [0.4, 0.5) is 5.69 Å². The van der Waals surface area contributed by atoms with Crippen LogP contribution in [0.2, 0.25) is 0 Å². The lowest BCUT2D eigenvalue weighted by Gasteiger charge is -2.12. The second-order valence-corrected chi connectivity index (χ2v) is 4.17. The predicted octanol–water partition coefficient (Wildman–Crippen LogP) is 1.92. The average Bonchev–Trinajstić information content (AvgIpc) is 2.29. The Hall–Kier alpha value is -1.16. The Balaban J connectivity index is 2.76. The monoisotopic (exact) mass is 222 g/mol. The van der Waals surface area contributed by atoms with E-state index in [1.807, 2.05) is 6.20 Å². The molecular weight excluding hydrogens is 200 g/mol. The van der Waals surface area contributed by atoms with Crippen LogP contribution < -0.4 is 11.1 Å². The van der Waals surface area contributed by atoms with Gasteiger partial charge in [0, 0.05) is 12.5 Å². The van der Waals surface area contributed by atoms with Gasteiger partial charge in [0.2, 0.25) is 0 Å². The van der Waals surface area contributed by atoms with Crippen molar-refractivity contribution in [3.05, 3.63) is 17.7 Å². The van der Waals surface area contributed by atoms with Gasteiger partial charge in [-0.2, -0.15) is 0 Å². The summed E-state index contributed by atoms with van der Waals surface area (Å²) in [5.41, 5.74) is 7.59. The van der Waals surface area contributed by atoms with Crippen LogP contribution in [0.1, 0.15) is 44.6 Å². The minimum Gasteiger partial charge on any atom is -0.382 e. The molecule has 0 aliphatic heterocycles. The lowest BCUT2D eigenvalue weighted by atomic mass is 10.2. The number of rotatable bonds is 6. The molecule has 0 fully saturated rings. The normalized spacial score (nSPS) is 10.8. The van der Waals surface area contributed by atoms with Crippen LogP contribution in [-0.4, -0.2) is 23.1 Å². The van der Waals surface area contributed by atoms with Gasteiger partial charge in [0.15, 0.2) is 0 Å². The van der Waals surface area contributed by atoms with Crippen LogP contribution in [0, 0.1) is 0 Å². The van der Waals surface area contributed by atoms with E-state index < -0.39 is 0 Å². The van der Waals surface area contributed by atoms with Crippen molar-refractivity contribution in [1.82, 2.24) is 9.97 Å². The van der Waals surface area contributed by atoms with Gasteiger partial charge in [-0.05, 0) is 19.4 Å². The third-order valence-corrected chi connectivity index (χ3v) is 2.43. The van der Waals surface area contributed by atoms with Crippen LogP contribution in [0.5, 0.6) is 0 Å². The molecule has 0 bridgehead atoms. The van der Waals surface area contributed by atoms with E-state index in [1.54, 1.807) is 0 Å². The van der Waals surface area contributed by atoms with Crippen LogP contribution in [0.15, 0.2) is 6.20 Å². The van der Waals surface area contributed by atoms with E-state index in [0.717, 1.165) is 36.6 Å². The first-order valence-corrected chi connectivity index (χ1v) is 5.98. The standard InChI is InChI=1S/C12H22N4/c1-4-10-11(14-7-5-6-13)8-15-12(16-10)9(2)3/h8-9,14H,4-7,13H2,1-3H3. The molecule has 1 rings (SSSR count). The predicted molar refractivity (Wildman–Crippen MR) is 67.7 cm³/mol. The molecule has 4 nitrogen and oxygen atoms in total. The summed E-state index contributed by atoms with van der Waals surface area (Å²) in [4.78, 5) is 8.93. The summed E-state index contributed by atoms with van der Waals surface area (Å²) >= 11 is 0. The average molecular weight is 222 g/mol. The maximum atomic E-state index is 5.46. The molecule has 0 amide bonds. The SMILES string of the molecule is CCc1nc(C(C)C)ncc1NCCCN. The molecule has 16 heavy (non-hydrogen) atoms. The Morgan fingerprint density at radius 3 is 2.75 bits per heavy atom. The number of hydrogen-bond donors (Lipinski definition) is 2. The fourth-order valence-electron chi connectivity index (χ4n) is 1.45. The molecule has 4 heteroatoms. The second-order valence-electron chi connectivity index (χ2n) is 4.17. The first-order valence-electron chi connectivity index (χ1n) is 5.98. The van der Waals surface area contributed by atoms with Crippen LogP contribution in [0.25, 0.3) is 0 Å². The zero-order valence-corrected chi connectivity index (χ0v) is 10.5. The summed E-state index contributed by atoms with van der Waals surface area (Å²) in [5.74, 6) is 1.30.